The molecule has 0 unspecified atom stereocenters. The number of nitrogens with zero attached hydrogens (tertiary/aromatic N) is 1. The minimum absolute atomic E-state index is 0.00585. The molecule has 0 bridgehead atoms. The Hall–Kier alpha value is -3.05. The predicted octanol–water partition coefficient (Wildman–Crippen LogP) is 4.34. The van der Waals surface area contributed by atoms with Crippen molar-refractivity contribution in [2.45, 2.75) is 6.55 Å². The maximum atomic E-state index is 15.6. The molecule has 0 fully saturated rings. The molecule has 0 saturated heterocycles. The van der Waals surface area contributed by atoms with E-state index >= 15 is 4.39 Å². The third-order valence-electron chi connectivity index (χ3n) is 4.58. The summed E-state index contributed by atoms with van der Waals surface area (Å²) in [5, 5.41) is 12.7. The van der Waals surface area contributed by atoms with Crippen LogP contribution in [0, 0.1) is 10.1 Å². The summed E-state index contributed by atoms with van der Waals surface area (Å²) in [6.45, 7) is 1.98. The van der Waals surface area contributed by atoms with Gasteiger partial charge in [0.2, 0.25) is 0 Å². The van der Waals surface area contributed by atoms with Crippen LogP contribution in [0.2, 0.25) is 6.55 Å². The lowest BCUT2D eigenvalue weighted by molar-refractivity contribution is -0.384. The largest absolute Gasteiger partial charge is 0.269 e. The Bertz CT molecular complexity index is 886. The Morgan fingerprint density at radius 3 is 1.77 bits per heavy atom. The van der Waals surface area contributed by atoms with Gasteiger partial charge in [-0.2, -0.15) is 0 Å². The van der Waals surface area contributed by atoms with Crippen LogP contribution in [0.3, 0.4) is 0 Å². The van der Waals surface area contributed by atoms with Crippen molar-refractivity contribution in [3.8, 4) is 0 Å². The molecule has 0 spiro atoms. The van der Waals surface area contributed by atoms with Gasteiger partial charge in [-0.15, -0.1) is 0 Å². The van der Waals surface area contributed by atoms with Crippen LogP contribution in [0.15, 0.2) is 90.4 Å². The van der Waals surface area contributed by atoms with E-state index in [0.29, 0.717) is 5.56 Å². The van der Waals surface area contributed by atoms with E-state index in [0.717, 1.165) is 10.4 Å². The summed E-state index contributed by atoms with van der Waals surface area (Å²) >= 11 is 0. The average Bonchev–Trinajstić information content (AvgIpc) is 2.69. The van der Waals surface area contributed by atoms with E-state index < -0.39 is 13.0 Å². The number of nitro groups is 1. The number of non-ortho nitro benzene ring substituents is 1. The van der Waals surface area contributed by atoms with Crippen molar-refractivity contribution in [1.82, 2.24) is 0 Å². The number of hydrogen-bond acceptors (Lipinski definition) is 2. The van der Waals surface area contributed by atoms with E-state index in [4.69, 9.17) is 0 Å². The molecule has 0 atom stereocenters. The van der Waals surface area contributed by atoms with Gasteiger partial charge in [0.05, 0.1) is 10.4 Å². The van der Waals surface area contributed by atoms with Crippen LogP contribution < -0.4 is 10.4 Å². The second-order valence-corrected chi connectivity index (χ2v) is 10.1. The summed E-state index contributed by atoms with van der Waals surface area (Å²) in [6, 6.07) is 25.3. The summed E-state index contributed by atoms with van der Waals surface area (Å²) in [5.74, 6) is 0. The van der Waals surface area contributed by atoms with Crippen molar-refractivity contribution in [2.75, 3.05) is 0 Å². The number of hydrogen-bond donors (Lipinski definition) is 0. The molecule has 0 N–H and O–H groups in total. The normalized spacial score (nSPS) is 12.0. The molecule has 0 radical (unpaired) electrons. The van der Waals surface area contributed by atoms with E-state index in [2.05, 4.69) is 0 Å². The lowest BCUT2D eigenvalue weighted by atomic mass is 10.2. The molecule has 0 aliphatic heterocycles. The summed E-state index contributed by atoms with van der Waals surface area (Å²) in [4.78, 5) is 10.3. The van der Waals surface area contributed by atoms with Crippen molar-refractivity contribution in [3.63, 3.8) is 0 Å². The molecule has 0 heterocycles. The minimum Gasteiger partial charge on any atom is -0.258 e. The molecule has 0 aliphatic rings. The van der Waals surface area contributed by atoms with Crippen molar-refractivity contribution >= 4 is 30.2 Å². The number of rotatable bonds is 5. The Balaban J connectivity index is 2.08. The van der Waals surface area contributed by atoms with Gasteiger partial charge in [0, 0.05) is 12.1 Å². The van der Waals surface area contributed by atoms with Gasteiger partial charge in [-0.05, 0) is 34.1 Å². The van der Waals surface area contributed by atoms with E-state index in [9.17, 15) is 10.1 Å². The predicted molar refractivity (Wildman–Crippen MR) is 106 cm³/mol. The molecule has 5 heteroatoms. The summed E-state index contributed by atoms with van der Waals surface area (Å²) in [5.41, 5.74) is 0.413. The van der Waals surface area contributed by atoms with Crippen molar-refractivity contribution < 1.29 is 9.31 Å². The van der Waals surface area contributed by atoms with E-state index in [1.807, 2.05) is 67.2 Å². The van der Waals surface area contributed by atoms with Crippen molar-refractivity contribution in [2.24, 2.45) is 0 Å². The molecular formula is C21H18FNO2Si. The zero-order chi connectivity index (χ0) is 18.6. The molecule has 0 aliphatic carbocycles. The lowest BCUT2D eigenvalue weighted by Crippen LogP contribution is -2.56. The monoisotopic (exact) mass is 363 g/mol. The van der Waals surface area contributed by atoms with Crippen LogP contribution >= 0.6 is 0 Å². The molecule has 3 aromatic rings. The molecule has 26 heavy (non-hydrogen) atoms. The highest BCUT2D eigenvalue weighted by Gasteiger charge is 2.37. The highest BCUT2D eigenvalue weighted by atomic mass is 28.3. The summed E-state index contributed by atoms with van der Waals surface area (Å²) < 4.78 is 15.6. The first-order chi connectivity index (χ1) is 12.5. The van der Waals surface area contributed by atoms with Gasteiger partial charge < -0.3 is 0 Å². The van der Waals surface area contributed by atoms with E-state index in [1.165, 1.54) is 18.2 Å². The molecule has 3 rings (SSSR count). The fourth-order valence-electron chi connectivity index (χ4n) is 2.97. The van der Waals surface area contributed by atoms with Gasteiger partial charge in [-0.25, -0.2) is 4.39 Å². The van der Waals surface area contributed by atoms with Crippen molar-refractivity contribution in [3.05, 3.63) is 106 Å². The van der Waals surface area contributed by atoms with Gasteiger partial charge in [0.1, 0.15) is 0 Å². The third kappa shape index (κ3) is 3.48. The topological polar surface area (TPSA) is 43.1 Å². The van der Waals surface area contributed by atoms with Gasteiger partial charge in [-0.3, -0.25) is 10.1 Å². The lowest BCUT2D eigenvalue weighted by Gasteiger charge is -2.27. The molecule has 0 aromatic heterocycles. The zero-order valence-electron chi connectivity index (χ0n) is 14.3. The Morgan fingerprint density at radius 2 is 1.35 bits per heavy atom. The fraction of sp³-hybridized carbons (Fsp3) is 0.0476. The number of halogens is 1. The quantitative estimate of drug-likeness (QED) is 0.384. The molecule has 3 aromatic carbocycles. The molecule has 0 saturated carbocycles. The second-order valence-electron chi connectivity index (χ2n) is 6.20. The summed E-state index contributed by atoms with van der Waals surface area (Å²) in [7, 11) is -2.76. The minimum atomic E-state index is -2.76. The Morgan fingerprint density at radius 1 is 0.885 bits per heavy atom. The zero-order valence-corrected chi connectivity index (χ0v) is 15.3. The smallest absolute Gasteiger partial charge is 0.258 e. The van der Waals surface area contributed by atoms with Crippen LogP contribution in [-0.4, -0.2) is 13.0 Å². The van der Waals surface area contributed by atoms with Crippen LogP contribution in [0.1, 0.15) is 5.56 Å². The number of benzene rings is 3. The second kappa shape index (κ2) is 7.45. The summed E-state index contributed by atoms with van der Waals surface area (Å²) in [6.07, 6.45) is 1.50. The molecular weight excluding hydrogens is 345 g/mol. The highest BCUT2D eigenvalue weighted by Crippen LogP contribution is 2.22. The fourth-order valence-corrected chi connectivity index (χ4v) is 6.03. The highest BCUT2D eigenvalue weighted by molar-refractivity contribution is 7.06. The molecule has 0 amide bonds. The van der Waals surface area contributed by atoms with Gasteiger partial charge in [0.25, 0.3) is 5.69 Å². The Kier molecular flexibility index (Phi) is 5.09. The SMILES string of the molecule is C[Si](/C(F)=C/c1ccc([N+](=O)[O-])cc1)(c1ccccc1)c1ccccc1. The maximum absolute atomic E-state index is 15.6. The molecule has 3 nitrogen and oxygen atoms in total. The van der Waals surface area contributed by atoms with Gasteiger partial charge in [0.15, 0.2) is 8.07 Å². The first kappa shape index (κ1) is 17.8. The van der Waals surface area contributed by atoms with E-state index in [1.54, 1.807) is 12.1 Å². The molecule has 130 valence electrons. The standard InChI is InChI=1S/C21H18FNO2Si/c1-26(19-8-4-2-5-9-19,20-10-6-3-7-11-20)21(22)16-17-12-14-18(15-13-17)23(24)25/h2-16H,1H3/b21-16+. The Labute approximate surface area is 152 Å². The van der Waals surface area contributed by atoms with Crippen LogP contribution in [-0.2, 0) is 0 Å². The van der Waals surface area contributed by atoms with Gasteiger partial charge in [-0.1, -0.05) is 67.2 Å². The van der Waals surface area contributed by atoms with Gasteiger partial charge >= 0.3 is 0 Å². The first-order valence-electron chi connectivity index (χ1n) is 8.25. The third-order valence-corrected chi connectivity index (χ3v) is 8.65. The maximum Gasteiger partial charge on any atom is 0.269 e. The van der Waals surface area contributed by atoms with Crippen molar-refractivity contribution in [1.29, 1.82) is 0 Å². The van der Waals surface area contributed by atoms with E-state index in [-0.39, 0.29) is 11.1 Å². The first-order valence-corrected chi connectivity index (χ1v) is 10.7. The van der Waals surface area contributed by atoms with Crippen LogP contribution in [0.4, 0.5) is 10.1 Å². The van der Waals surface area contributed by atoms with Crippen LogP contribution in [0.5, 0.6) is 0 Å². The average molecular weight is 363 g/mol. The van der Waals surface area contributed by atoms with Crippen LogP contribution in [0.25, 0.3) is 6.08 Å². The number of nitro benzene ring substituents is 1.